The fraction of sp³-hybridized carbons (Fsp3) is 0.278. The molecule has 0 saturated heterocycles. The van der Waals surface area contributed by atoms with Crippen LogP contribution >= 0.6 is 0 Å². The van der Waals surface area contributed by atoms with Crippen molar-refractivity contribution < 1.29 is 4.74 Å². The van der Waals surface area contributed by atoms with Crippen molar-refractivity contribution in [3.8, 4) is 17.0 Å². The van der Waals surface area contributed by atoms with Gasteiger partial charge in [-0.1, -0.05) is 13.0 Å². The van der Waals surface area contributed by atoms with E-state index in [4.69, 9.17) is 15.5 Å². The molecule has 2 heterocycles. The van der Waals surface area contributed by atoms with Crippen LogP contribution in [0, 0.1) is 0 Å². The van der Waals surface area contributed by atoms with Gasteiger partial charge in [-0.05, 0) is 49.4 Å². The monoisotopic (exact) mass is 295 g/mol. The molecule has 0 bridgehead atoms. The van der Waals surface area contributed by atoms with Gasteiger partial charge in [-0.25, -0.2) is 4.98 Å². The van der Waals surface area contributed by atoms with Crippen LogP contribution in [0.4, 0.5) is 0 Å². The molecule has 4 nitrogen and oxygen atoms in total. The number of hydrogen-bond donors (Lipinski definition) is 1. The van der Waals surface area contributed by atoms with E-state index >= 15 is 0 Å². The molecule has 0 radical (unpaired) electrons. The van der Waals surface area contributed by atoms with E-state index in [9.17, 15) is 0 Å². The maximum atomic E-state index is 5.78. The lowest BCUT2D eigenvalue weighted by Gasteiger charge is -2.06. The molecular formula is C18H21N3O. The number of imidazole rings is 1. The highest BCUT2D eigenvalue weighted by molar-refractivity contribution is 5.67. The van der Waals surface area contributed by atoms with Gasteiger partial charge in [0.15, 0.2) is 0 Å². The Kier molecular flexibility index (Phi) is 4.39. The number of pyridine rings is 1. The van der Waals surface area contributed by atoms with Crippen molar-refractivity contribution in [2.24, 2.45) is 5.73 Å². The first kappa shape index (κ1) is 14.6. The summed E-state index contributed by atoms with van der Waals surface area (Å²) < 4.78 is 7.75. The average molecular weight is 295 g/mol. The van der Waals surface area contributed by atoms with Gasteiger partial charge in [-0.15, -0.1) is 0 Å². The number of benzene rings is 1. The normalized spacial score (nSPS) is 11.0. The summed E-state index contributed by atoms with van der Waals surface area (Å²) in [6, 6.07) is 14.2. The number of nitrogens with zero attached hydrogens (tertiary/aromatic N) is 2. The van der Waals surface area contributed by atoms with Crippen LogP contribution < -0.4 is 10.5 Å². The molecule has 114 valence electrons. The van der Waals surface area contributed by atoms with Crippen LogP contribution in [0.2, 0.25) is 0 Å². The molecule has 0 saturated carbocycles. The topological polar surface area (TPSA) is 52.5 Å². The summed E-state index contributed by atoms with van der Waals surface area (Å²) in [7, 11) is 0. The van der Waals surface area contributed by atoms with Crippen molar-refractivity contribution in [1.29, 1.82) is 0 Å². The highest BCUT2D eigenvalue weighted by atomic mass is 16.5. The third-order valence-electron chi connectivity index (χ3n) is 3.61. The molecule has 2 aromatic heterocycles. The molecule has 4 heteroatoms. The Balaban J connectivity index is 1.99. The number of fused-ring (bicyclic) bond motifs is 1. The van der Waals surface area contributed by atoms with Crippen LogP contribution in [0.3, 0.4) is 0 Å². The lowest BCUT2D eigenvalue weighted by Crippen LogP contribution is -2.06. The predicted molar refractivity (Wildman–Crippen MR) is 89.2 cm³/mol. The number of ether oxygens (including phenoxy) is 1. The molecule has 0 atom stereocenters. The molecule has 1 aromatic carbocycles. The van der Waals surface area contributed by atoms with E-state index in [-0.39, 0.29) is 0 Å². The second kappa shape index (κ2) is 6.62. The molecule has 0 amide bonds. The first-order chi connectivity index (χ1) is 10.8. The Morgan fingerprint density at radius 2 is 1.95 bits per heavy atom. The van der Waals surface area contributed by atoms with Gasteiger partial charge >= 0.3 is 0 Å². The lowest BCUT2D eigenvalue weighted by atomic mass is 10.1. The van der Waals surface area contributed by atoms with E-state index in [1.807, 2.05) is 36.5 Å². The van der Waals surface area contributed by atoms with Crippen LogP contribution in [0.15, 0.2) is 48.7 Å². The van der Waals surface area contributed by atoms with E-state index in [1.54, 1.807) is 0 Å². The number of nitrogens with two attached hydrogens (primary N) is 1. The second-order valence-corrected chi connectivity index (χ2v) is 5.25. The van der Waals surface area contributed by atoms with Crippen molar-refractivity contribution in [1.82, 2.24) is 9.38 Å². The predicted octanol–water partition coefficient (Wildman–Crippen LogP) is 3.29. The van der Waals surface area contributed by atoms with Crippen LogP contribution in [0.5, 0.6) is 5.75 Å². The van der Waals surface area contributed by atoms with E-state index in [2.05, 4.69) is 23.5 Å². The van der Waals surface area contributed by atoms with Crippen LogP contribution in [0.1, 0.15) is 19.0 Å². The van der Waals surface area contributed by atoms with E-state index in [1.165, 1.54) is 0 Å². The van der Waals surface area contributed by atoms with Crippen molar-refractivity contribution in [2.75, 3.05) is 13.2 Å². The average Bonchev–Trinajstić information content (AvgIpc) is 2.93. The highest BCUT2D eigenvalue weighted by Gasteiger charge is 2.13. The van der Waals surface area contributed by atoms with E-state index < -0.39 is 0 Å². The first-order valence-corrected chi connectivity index (χ1v) is 7.72. The minimum absolute atomic E-state index is 0.605. The van der Waals surface area contributed by atoms with Crippen molar-refractivity contribution in [3.63, 3.8) is 0 Å². The molecule has 0 unspecified atom stereocenters. The SMILES string of the molecule is CCCOc1ccc(-c2nc3ccccn3c2CCN)cc1. The second-order valence-electron chi connectivity index (χ2n) is 5.25. The number of aromatic nitrogens is 2. The molecular weight excluding hydrogens is 274 g/mol. The number of rotatable bonds is 6. The maximum absolute atomic E-state index is 5.78. The van der Waals surface area contributed by atoms with Crippen molar-refractivity contribution >= 4 is 5.65 Å². The molecule has 0 fully saturated rings. The summed E-state index contributed by atoms with van der Waals surface area (Å²) >= 11 is 0. The molecule has 2 N–H and O–H groups in total. The third-order valence-corrected chi connectivity index (χ3v) is 3.61. The fourth-order valence-corrected chi connectivity index (χ4v) is 2.58. The standard InChI is InChI=1S/C18H21N3O/c1-2-13-22-15-8-6-14(7-9-15)18-16(10-11-19)21-12-4-3-5-17(21)20-18/h3-9,12H,2,10-11,13,19H2,1H3. The van der Waals surface area contributed by atoms with Gasteiger partial charge in [0.25, 0.3) is 0 Å². The van der Waals surface area contributed by atoms with E-state index in [0.29, 0.717) is 6.54 Å². The number of hydrogen-bond acceptors (Lipinski definition) is 3. The molecule has 22 heavy (non-hydrogen) atoms. The van der Waals surface area contributed by atoms with Crippen LogP contribution in [0.25, 0.3) is 16.9 Å². The van der Waals surface area contributed by atoms with Crippen molar-refractivity contribution in [2.45, 2.75) is 19.8 Å². The Hall–Kier alpha value is -2.33. The third kappa shape index (κ3) is 2.83. The van der Waals surface area contributed by atoms with Crippen LogP contribution in [-0.4, -0.2) is 22.5 Å². The quantitative estimate of drug-likeness (QED) is 0.759. The zero-order valence-corrected chi connectivity index (χ0v) is 12.8. The fourth-order valence-electron chi connectivity index (χ4n) is 2.58. The first-order valence-electron chi connectivity index (χ1n) is 7.72. The minimum Gasteiger partial charge on any atom is -0.494 e. The Bertz CT molecular complexity index is 747. The molecule has 3 aromatic rings. The molecule has 0 spiro atoms. The Morgan fingerprint density at radius 3 is 2.68 bits per heavy atom. The summed E-state index contributed by atoms with van der Waals surface area (Å²) in [5.41, 5.74) is 9.97. The van der Waals surface area contributed by atoms with E-state index in [0.717, 1.165) is 47.8 Å². The minimum atomic E-state index is 0.605. The summed E-state index contributed by atoms with van der Waals surface area (Å²) in [6.07, 6.45) is 3.85. The summed E-state index contributed by atoms with van der Waals surface area (Å²) in [5, 5.41) is 0. The largest absolute Gasteiger partial charge is 0.494 e. The van der Waals surface area contributed by atoms with Gasteiger partial charge in [0.05, 0.1) is 18.0 Å². The molecule has 0 aliphatic heterocycles. The summed E-state index contributed by atoms with van der Waals surface area (Å²) in [4.78, 5) is 4.76. The maximum Gasteiger partial charge on any atom is 0.137 e. The van der Waals surface area contributed by atoms with Gasteiger partial charge in [-0.3, -0.25) is 0 Å². The Labute approximate surface area is 130 Å². The molecule has 0 aliphatic carbocycles. The van der Waals surface area contributed by atoms with Crippen LogP contribution in [-0.2, 0) is 6.42 Å². The zero-order chi connectivity index (χ0) is 15.4. The molecule has 0 aliphatic rings. The summed E-state index contributed by atoms with van der Waals surface area (Å²) in [5.74, 6) is 0.898. The lowest BCUT2D eigenvalue weighted by molar-refractivity contribution is 0.317. The van der Waals surface area contributed by atoms with Gasteiger partial charge in [0.2, 0.25) is 0 Å². The van der Waals surface area contributed by atoms with Crippen molar-refractivity contribution in [3.05, 3.63) is 54.4 Å². The van der Waals surface area contributed by atoms with Gasteiger partial charge in [0.1, 0.15) is 11.4 Å². The zero-order valence-electron chi connectivity index (χ0n) is 12.8. The highest BCUT2D eigenvalue weighted by Crippen LogP contribution is 2.26. The smallest absolute Gasteiger partial charge is 0.137 e. The van der Waals surface area contributed by atoms with Gasteiger partial charge in [0, 0.05) is 18.2 Å². The summed E-state index contributed by atoms with van der Waals surface area (Å²) in [6.45, 7) is 3.45. The van der Waals surface area contributed by atoms with Gasteiger partial charge in [-0.2, -0.15) is 0 Å². The Morgan fingerprint density at radius 1 is 1.14 bits per heavy atom. The molecule has 3 rings (SSSR count). The van der Waals surface area contributed by atoms with Gasteiger partial charge < -0.3 is 14.9 Å².